The van der Waals surface area contributed by atoms with Crippen LogP contribution in [-0.2, 0) is 16.6 Å². The molecule has 0 unspecified atom stereocenters. The molecular weight excluding hydrogens is 204 g/mol. The van der Waals surface area contributed by atoms with Crippen LogP contribution in [0, 0.1) is 0 Å². The number of nitrogens with zero attached hydrogens (tertiary/aromatic N) is 3. The summed E-state index contributed by atoms with van der Waals surface area (Å²) in [6.07, 6.45) is 0. The van der Waals surface area contributed by atoms with Gasteiger partial charge in [0.05, 0.1) is 12.4 Å². The molecule has 78 valence electrons. The van der Waals surface area contributed by atoms with Crippen LogP contribution in [0.25, 0.3) is 0 Å². The highest BCUT2D eigenvalue weighted by molar-refractivity contribution is 8.00. The zero-order valence-corrected chi connectivity index (χ0v) is 8.87. The first-order valence-electron chi connectivity index (χ1n) is 4.08. The minimum absolute atomic E-state index is 0.205. The van der Waals surface area contributed by atoms with E-state index in [1.54, 1.807) is 14.0 Å². The summed E-state index contributed by atoms with van der Waals surface area (Å²) < 4.78 is 6.21. The van der Waals surface area contributed by atoms with Crippen molar-refractivity contribution in [3.8, 4) is 0 Å². The predicted molar refractivity (Wildman–Crippen MR) is 52.8 cm³/mol. The molecule has 1 heterocycles. The van der Waals surface area contributed by atoms with Crippen LogP contribution in [0.4, 0.5) is 5.82 Å². The molecule has 2 N–H and O–H groups in total. The van der Waals surface area contributed by atoms with Crippen LogP contribution in [0.3, 0.4) is 0 Å². The summed E-state index contributed by atoms with van der Waals surface area (Å²) in [5.41, 5.74) is 5.63. The Morgan fingerprint density at radius 3 is 2.93 bits per heavy atom. The second kappa shape index (κ2) is 4.85. The third-order valence-corrected chi connectivity index (χ3v) is 2.41. The van der Waals surface area contributed by atoms with Crippen LogP contribution in [0.5, 0.6) is 0 Å². The standard InChI is InChI=1S/C7H12N4O2S/c1-3-13-5(12)4-14-7-6(8)11(2)10-9-7/h3-4,8H2,1-2H3. The Morgan fingerprint density at radius 2 is 2.43 bits per heavy atom. The van der Waals surface area contributed by atoms with Crippen molar-refractivity contribution in [3.63, 3.8) is 0 Å². The fourth-order valence-corrected chi connectivity index (χ4v) is 1.49. The van der Waals surface area contributed by atoms with Gasteiger partial charge in [-0.15, -0.1) is 5.10 Å². The molecule has 1 aromatic heterocycles. The number of aryl methyl sites for hydroxylation is 1. The molecule has 0 spiro atoms. The quantitative estimate of drug-likeness (QED) is 0.565. The fraction of sp³-hybridized carbons (Fsp3) is 0.571. The van der Waals surface area contributed by atoms with E-state index in [1.807, 2.05) is 0 Å². The Balaban J connectivity index is 2.46. The summed E-state index contributed by atoms with van der Waals surface area (Å²) in [5, 5.41) is 8.06. The van der Waals surface area contributed by atoms with Crippen molar-refractivity contribution in [2.45, 2.75) is 11.9 Å². The third-order valence-electron chi connectivity index (χ3n) is 1.47. The normalized spacial score (nSPS) is 10.1. The van der Waals surface area contributed by atoms with Crippen LogP contribution < -0.4 is 5.73 Å². The van der Waals surface area contributed by atoms with Gasteiger partial charge in [-0.05, 0) is 6.92 Å². The van der Waals surface area contributed by atoms with E-state index in [2.05, 4.69) is 10.3 Å². The number of hydrogen-bond donors (Lipinski definition) is 1. The van der Waals surface area contributed by atoms with Gasteiger partial charge in [0, 0.05) is 7.05 Å². The molecule has 0 aromatic carbocycles. The lowest BCUT2D eigenvalue weighted by molar-refractivity contribution is -0.139. The molecule has 0 bridgehead atoms. The van der Waals surface area contributed by atoms with E-state index in [0.717, 1.165) is 0 Å². The summed E-state index contributed by atoms with van der Waals surface area (Å²) in [7, 11) is 1.69. The number of carbonyl (C=O) groups is 1. The average Bonchev–Trinajstić information content (AvgIpc) is 2.46. The highest BCUT2D eigenvalue weighted by Crippen LogP contribution is 2.20. The second-order valence-electron chi connectivity index (χ2n) is 2.50. The molecule has 0 saturated heterocycles. The van der Waals surface area contributed by atoms with E-state index in [1.165, 1.54) is 16.4 Å². The van der Waals surface area contributed by atoms with Crippen molar-refractivity contribution in [1.29, 1.82) is 0 Å². The highest BCUT2D eigenvalue weighted by Gasteiger charge is 2.10. The first-order valence-corrected chi connectivity index (χ1v) is 5.07. The van der Waals surface area contributed by atoms with Crippen LogP contribution in [0.1, 0.15) is 6.92 Å². The van der Waals surface area contributed by atoms with Gasteiger partial charge in [-0.2, -0.15) is 0 Å². The molecule has 0 aliphatic rings. The van der Waals surface area contributed by atoms with Gasteiger partial charge >= 0.3 is 5.97 Å². The molecule has 0 aliphatic heterocycles. The van der Waals surface area contributed by atoms with Crippen molar-refractivity contribution in [1.82, 2.24) is 15.0 Å². The Labute approximate surface area is 85.8 Å². The topological polar surface area (TPSA) is 83.0 Å². The van der Waals surface area contributed by atoms with Crippen molar-refractivity contribution in [2.75, 3.05) is 18.1 Å². The molecule has 1 rings (SSSR count). The van der Waals surface area contributed by atoms with E-state index >= 15 is 0 Å². The van der Waals surface area contributed by atoms with Gasteiger partial charge in [-0.3, -0.25) is 4.79 Å². The van der Waals surface area contributed by atoms with Crippen LogP contribution in [-0.4, -0.2) is 33.3 Å². The minimum atomic E-state index is -0.275. The first kappa shape index (κ1) is 10.8. The Hall–Kier alpha value is -1.24. The van der Waals surface area contributed by atoms with E-state index in [-0.39, 0.29) is 11.7 Å². The first-order chi connectivity index (χ1) is 6.65. The monoisotopic (exact) mass is 216 g/mol. The van der Waals surface area contributed by atoms with Gasteiger partial charge in [0.15, 0.2) is 10.8 Å². The van der Waals surface area contributed by atoms with Gasteiger partial charge in [0.2, 0.25) is 0 Å². The molecule has 0 radical (unpaired) electrons. The van der Waals surface area contributed by atoms with Crippen LogP contribution >= 0.6 is 11.8 Å². The van der Waals surface area contributed by atoms with E-state index in [4.69, 9.17) is 10.5 Å². The molecule has 7 heteroatoms. The summed E-state index contributed by atoms with van der Waals surface area (Å²) in [6, 6.07) is 0. The van der Waals surface area contributed by atoms with E-state index in [9.17, 15) is 4.79 Å². The number of hydrogen-bond acceptors (Lipinski definition) is 6. The van der Waals surface area contributed by atoms with E-state index < -0.39 is 0 Å². The number of esters is 1. The number of nitrogen functional groups attached to an aromatic ring is 1. The molecule has 0 saturated carbocycles. The Morgan fingerprint density at radius 1 is 1.71 bits per heavy atom. The molecule has 0 fully saturated rings. The van der Waals surface area contributed by atoms with Gasteiger partial charge in [0.1, 0.15) is 0 Å². The van der Waals surface area contributed by atoms with Crippen molar-refractivity contribution >= 4 is 23.5 Å². The summed E-state index contributed by atoms with van der Waals surface area (Å²) in [5.74, 6) is 0.387. The predicted octanol–water partition coefficient (Wildman–Crippen LogP) is 0.0525. The number of nitrogens with two attached hydrogens (primary N) is 1. The molecule has 1 aromatic rings. The van der Waals surface area contributed by atoms with Crippen LogP contribution in [0.15, 0.2) is 5.03 Å². The number of thioether (sulfide) groups is 1. The fourth-order valence-electron chi connectivity index (χ4n) is 0.778. The summed E-state index contributed by atoms with van der Waals surface area (Å²) in [4.78, 5) is 11.0. The van der Waals surface area contributed by atoms with Crippen molar-refractivity contribution < 1.29 is 9.53 Å². The smallest absolute Gasteiger partial charge is 0.316 e. The molecule has 14 heavy (non-hydrogen) atoms. The molecular formula is C7H12N4O2S. The van der Waals surface area contributed by atoms with Gasteiger partial charge < -0.3 is 10.5 Å². The molecule has 0 amide bonds. The van der Waals surface area contributed by atoms with Crippen LogP contribution in [0.2, 0.25) is 0 Å². The lowest BCUT2D eigenvalue weighted by Gasteiger charge is -1.99. The number of ether oxygens (including phenoxy) is 1. The number of anilines is 1. The zero-order valence-electron chi connectivity index (χ0n) is 8.06. The Kier molecular flexibility index (Phi) is 3.75. The SMILES string of the molecule is CCOC(=O)CSc1nnn(C)c1N. The maximum atomic E-state index is 11.0. The van der Waals surface area contributed by atoms with Gasteiger partial charge in [0.25, 0.3) is 0 Å². The Bertz CT molecular complexity index is 325. The van der Waals surface area contributed by atoms with Crippen molar-refractivity contribution in [2.24, 2.45) is 7.05 Å². The number of rotatable bonds is 4. The minimum Gasteiger partial charge on any atom is -0.465 e. The number of carbonyl (C=O) groups excluding carboxylic acids is 1. The van der Waals surface area contributed by atoms with Gasteiger partial charge in [-0.25, -0.2) is 4.68 Å². The summed E-state index contributed by atoms with van der Waals surface area (Å²) in [6.45, 7) is 2.15. The zero-order chi connectivity index (χ0) is 10.6. The maximum Gasteiger partial charge on any atom is 0.316 e. The summed E-state index contributed by atoms with van der Waals surface area (Å²) >= 11 is 1.22. The average molecular weight is 216 g/mol. The molecule has 0 atom stereocenters. The highest BCUT2D eigenvalue weighted by atomic mass is 32.2. The molecule has 6 nitrogen and oxygen atoms in total. The third kappa shape index (κ3) is 2.63. The van der Waals surface area contributed by atoms with E-state index in [0.29, 0.717) is 17.5 Å². The maximum absolute atomic E-state index is 11.0. The lowest BCUT2D eigenvalue weighted by Crippen LogP contribution is -2.06. The number of aromatic nitrogens is 3. The van der Waals surface area contributed by atoms with Crippen molar-refractivity contribution in [3.05, 3.63) is 0 Å². The second-order valence-corrected chi connectivity index (χ2v) is 3.46. The molecule has 0 aliphatic carbocycles. The lowest BCUT2D eigenvalue weighted by atomic mass is 10.7. The van der Waals surface area contributed by atoms with Gasteiger partial charge in [-0.1, -0.05) is 17.0 Å². The largest absolute Gasteiger partial charge is 0.465 e.